The first kappa shape index (κ1) is 17.4. The Kier molecular flexibility index (Phi) is 4.47. The maximum Gasteiger partial charge on any atom is 0.279 e. The third kappa shape index (κ3) is 3.11. The lowest BCUT2D eigenvalue weighted by molar-refractivity contribution is -0.132. The predicted octanol–water partition coefficient (Wildman–Crippen LogP) is 2.96. The van der Waals surface area contributed by atoms with E-state index in [-0.39, 0.29) is 23.2 Å². The van der Waals surface area contributed by atoms with E-state index >= 15 is 0 Å². The summed E-state index contributed by atoms with van der Waals surface area (Å²) in [7, 11) is 1.86. The van der Waals surface area contributed by atoms with Crippen LogP contribution in [0.3, 0.4) is 0 Å². The van der Waals surface area contributed by atoms with Crippen molar-refractivity contribution in [1.29, 1.82) is 0 Å². The van der Waals surface area contributed by atoms with Crippen LogP contribution in [-0.4, -0.2) is 37.3 Å². The fourth-order valence-electron chi connectivity index (χ4n) is 3.42. The molecule has 1 aliphatic heterocycles. The van der Waals surface area contributed by atoms with Gasteiger partial charge in [0.25, 0.3) is 5.89 Å². The standard InChI is InChI=1S/C19H20FN5O2/c1-3-6-16(26)25-10-9-15-13(11-25)17(22-24(15)2)19-21-18(23-27-19)12-7-4-5-8-14(12)20/h4-5,7-8H,3,6,9-11H2,1-2H3. The Bertz CT molecular complexity index is 994. The van der Waals surface area contributed by atoms with Crippen molar-refractivity contribution in [2.24, 2.45) is 7.05 Å². The van der Waals surface area contributed by atoms with Crippen molar-refractivity contribution in [3.63, 3.8) is 0 Å². The summed E-state index contributed by atoms with van der Waals surface area (Å²) in [6, 6.07) is 6.28. The first-order valence-electron chi connectivity index (χ1n) is 9.00. The van der Waals surface area contributed by atoms with Gasteiger partial charge in [-0.15, -0.1) is 0 Å². The molecule has 2 aromatic heterocycles. The molecule has 1 aliphatic rings. The minimum absolute atomic E-state index is 0.135. The Morgan fingerprint density at radius 2 is 2.15 bits per heavy atom. The zero-order valence-corrected chi connectivity index (χ0v) is 15.3. The number of amides is 1. The molecule has 27 heavy (non-hydrogen) atoms. The highest BCUT2D eigenvalue weighted by Crippen LogP contribution is 2.30. The summed E-state index contributed by atoms with van der Waals surface area (Å²) in [6.45, 7) is 3.13. The van der Waals surface area contributed by atoms with Gasteiger partial charge in [0.2, 0.25) is 11.7 Å². The van der Waals surface area contributed by atoms with Crippen molar-refractivity contribution < 1.29 is 13.7 Å². The van der Waals surface area contributed by atoms with E-state index in [4.69, 9.17) is 4.52 Å². The van der Waals surface area contributed by atoms with Gasteiger partial charge < -0.3 is 9.42 Å². The fourth-order valence-corrected chi connectivity index (χ4v) is 3.42. The number of carbonyl (C=O) groups is 1. The van der Waals surface area contributed by atoms with Crippen LogP contribution in [0.25, 0.3) is 23.0 Å². The summed E-state index contributed by atoms with van der Waals surface area (Å²) >= 11 is 0. The first-order valence-corrected chi connectivity index (χ1v) is 9.00. The normalized spacial score (nSPS) is 13.7. The van der Waals surface area contributed by atoms with Gasteiger partial charge in [0.05, 0.1) is 5.56 Å². The van der Waals surface area contributed by atoms with Gasteiger partial charge in [-0.05, 0) is 18.6 Å². The van der Waals surface area contributed by atoms with Gasteiger partial charge in [-0.2, -0.15) is 10.1 Å². The molecule has 0 radical (unpaired) electrons. The predicted molar refractivity (Wildman–Crippen MR) is 95.9 cm³/mol. The number of aromatic nitrogens is 4. The Labute approximate surface area is 155 Å². The molecule has 0 spiro atoms. The first-order chi connectivity index (χ1) is 13.1. The van der Waals surface area contributed by atoms with Crippen LogP contribution in [0.1, 0.15) is 31.0 Å². The maximum absolute atomic E-state index is 14.0. The molecule has 0 saturated heterocycles. The van der Waals surface area contributed by atoms with E-state index in [0.29, 0.717) is 25.2 Å². The fraction of sp³-hybridized carbons (Fsp3) is 0.368. The summed E-state index contributed by atoms with van der Waals surface area (Å²) in [6.07, 6.45) is 2.07. The molecule has 0 N–H and O–H groups in total. The van der Waals surface area contributed by atoms with Gasteiger partial charge in [-0.25, -0.2) is 4.39 Å². The van der Waals surface area contributed by atoms with Crippen LogP contribution in [0.5, 0.6) is 0 Å². The van der Waals surface area contributed by atoms with E-state index in [1.807, 2.05) is 18.9 Å². The van der Waals surface area contributed by atoms with Gasteiger partial charge in [-0.1, -0.05) is 24.2 Å². The number of halogens is 1. The highest BCUT2D eigenvalue weighted by Gasteiger charge is 2.29. The van der Waals surface area contributed by atoms with E-state index in [1.54, 1.807) is 22.9 Å². The SMILES string of the molecule is CCCC(=O)N1CCc2c(c(-c3nc(-c4ccccc4F)no3)nn2C)C1. The smallest absolute Gasteiger partial charge is 0.279 e. The average molecular weight is 369 g/mol. The molecule has 1 amide bonds. The topological polar surface area (TPSA) is 77.1 Å². The number of benzene rings is 1. The average Bonchev–Trinajstić information content (AvgIpc) is 3.27. The van der Waals surface area contributed by atoms with Crippen LogP contribution in [0.2, 0.25) is 0 Å². The quantitative estimate of drug-likeness (QED) is 0.707. The van der Waals surface area contributed by atoms with E-state index in [9.17, 15) is 9.18 Å². The second-order valence-corrected chi connectivity index (χ2v) is 6.62. The maximum atomic E-state index is 14.0. The zero-order chi connectivity index (χ0) is 19.0. The minimum atomic E-state index is -0.413. The van der Waals surface area contributed by atoms with Crippen molar-refractivity contribution in [3.8, 4) is 23.0 Å². The molecular formula is C19H20FN5O2. The van der Waals surface area contributed by atoms with Crippen LogP contribution in [-0.2, 0) is 24.8 Å². The third-order valence-corrected chi connectivity index (χ3v) is 4.80. The van der Waals surface area contributed by atoms with Crippen molar-refractivity contribution in [2.75, 3.05) is 6.54 Å². The van der Waals surface area contributed by atoms with Crippen molar-refractivity contribution in [2.45, 2.75) is 32.7 Å². The lowest BCUT2D eigenvalue weighted by atomic mass is 10.0. The second-order valence-electron chi connectivity index (χ2n) is 6.62. The summed E-state index contributed by atoms with van der Waals surface area (Å²) in [5.74, 6) is 0.131. The Morgan fingerprint density at radius 1 is 1.33 bits per heavy atom. The van der Waals surface area contributed by atoms with Crippen LogP contribution < -0.4 is 0 Å². The van der Waals surface area contributed by atoms with Gasteiger partial charge in [0, 0.05) is 44.2 Å². The van der Waals surface area contributed by atoms with E-state index < -0.39 is 5.82 Å². The van der Waals surface area contributed by atoms with Gasteiger partial charge in [0.15, 0.2) is 5.69 Å². The molecule has 0 unspecified atom stereocenters. The molecule has 1 aromatic carbocycles. The lowest BCUT2D eigenvalue weighted by Crippen LogP contribution is -2.36. The van der Waals surface area contributed by atoms with E-state index in [0.717, 1.165) is 24.1 Å². The molecule has 4 rings (SSSR count). The van der Waals surface area contributed by atoms with Crippen LogP contribution in [0, 0.1) is 5.82 Å². The van der Waals surface area contributed by atoms with Gasteiger partial charge in [0.1, 0.15) is 5.82 Å². The highest BCUT2D eigenvalue weighted by molar-refractivity contribution is 5.77. The van der Waals surface area contributed by atoms with E-state index in [1.165, 1.54) is 6.07 Å². The number of carbonyl (C=O) groups excluding carboxylic acids is 1. The van der Waals surface area contributed by atoms with Gasteiger partial charge >= 0.3 is 0 Å². The molecule has 140 valence electrons. The minimum Gasteiger partial charge on any atom is -0.338 e. The second kappa shape index (κ2) is 6.94. The Balaban J connectivity index is 1.69. The lowest BCUT2D eigenvalue weighted by Gasteiger charge is -2.27. The van der Waals surface area contributed by atoms with Crippen molar-refractivity contribution in [1.82, 2.24) is 24.8 Å². The van der Waals surface area contributed by atoms with Crippen molar-refractivity contribution in [3.05, 3.63) is 41.3 Å². The number of hydrogen-bond acceptors (Lipinski definition) is 5. The zero-order valence-electron chi connectivity index (χ0n) is 15.3. The summed E-state index contributed by atoms with van der Waals surface area (Å²) < 4.78 is 21.2. The molecule has 0 saturated carbocycles. The third-order valence-electron chi connectivity index (χ3n) is 4.80. The summed E-state index contributed by atoms with van der Waals surface area (Å²) in [4.78, 5) is 18.5. The molecular weight excluding hydrogens is 349 g/mol. The van der Waals surface area contributed by atoms with E-state index in [2.05, 4.69) is 15.2 Å². The number of aryl methyl sites for hydroxylation is 1. The number of hydrogen-bond donors (Lipinski definition) is 0. The summed E-state index contributed by atoms with van der Waals surface area (Å²) in [5.41, 5.74) is 2.79. The van der Waals surface area contributed by atoms with Gasteiger partial charge in [-0.3, -0.25) is 9.48 Å². The molecule has 8 heteroatoms. The molecule has 0 bridgehead atoms. The monoisotopic (exact) mass is 369 g/mol. The van der Waals surface area contributed by atoms with Crippen LogP contribution in [0.15, 0.2) is 28.8 Å². The molecule has 7 nitrogen and oxygen atoms in total. The van der Waals surface area contributed by atoms with Crippen molar-refractivity contribution >= 4 is 5.91 Å². The summed E-state index contributed by atoms with van der Waals surface area (Å²) in [5, 5.41) is 8.43. The number of fused-ring (bicyclic) bond motifs is 1. The molecule has 0 atom stereocenters. The number of rotatable bonds is 4. The van der Waals surface area contributed by atoms with Crippen LogP contribution >= 0.6 is 0 Å². The molecule has 3 aromatic rings. The highest BCUT2D eigenvalue weighted by atomic mass is 19.1. The molecule has 3 heterocycles. The Morgan fingerprint density at radius 3 is 2.93 bits per heavy atom. The number of nitrogens with zero attached hydrogens (tertiary/aromatic N) is 5. The molecule has 0 aliphatic carbocycles. The molecule has 0 fully saturated rings. The largest absolute Gasteiger partial charge is 0.338 e. The van der Waals surface area contributed by atoms with Crippen LogP contribution in [0.4, 0.5) is 4.39 Å². The Hall–Kier alpha value is -3.03.